The van der Waals surface area contributed by atoms with Crippen LogP contribution in [0.25, 0.3) is 0 Å². The normalized spacial score (nSPS) is 23.0. The number of hydrogen-bond donors (Lipinski definition) is 1. The molecular weight excluding hydrogens is 242 g/mol. The minimum absolute atomic E-state index is 0.160. The maximum absolute atomic E-state index is 13.6. The zero-order valence-corrected chi connectivity index (χ0v) is 10.4. The number of hydrogen-bond acceptors (Lipinski definition) is 4. The van der Waals surface area contributed by atoms with E-state index in [2.05, 4.69) is 4.98 Å². The Morgan fingerprint density at radius 1 is 1.50 bits per heavy atom. The third kappa shape index (κ3) is 2.94. The van der Waals surface area contributed by atoms with E-state index in [1.54, 1.807) is 0 Å². The number of ether oxygens (including phenoxy) is 2. The first-order valence-electron chi connectivity index (χ1n) is 5.73. The fourth-order valence-corrected chi connectivity index (χ4v) is 1.81. The second-order valence-corrected chi connectivity index (χ2v) is 5.01. The van der Waals surface area contributed by atoms with Crippen molar-refractivity contribution in [3.8, 4) is 0 Å². The summed E-state index contributed by atoms with van der Waals surface area (Å²) in [7, 11) is 0. The molecule has 100 valence electrons. The van der Waals surface area contributed by atoms with Crippen LogP contribution in [0.15, 0.2) is 6.07 Å². The molecule has 6 heteroatoms. The molecule has 0 radical (unpaired) electrons. The molecule has 1 aromatic heterocycles. The first kappa shape index (κ1) is 13.2. The van der Waals surface area contributed by atoms with Crippen molar-refractivity contribution in [3.63, 3.8) is 0 Å². The monoisotopic (exact) mass is 258 g/mol. The molecule has 0 bridgehead atoms. The van der Waals surface area contributed by atoms with E-state index in [9.17, 15) is 8.78 Å². The topological polar surface area (TPSA) is 57.4 Å². The van der Waals surface area contributed by atoms with Gasteiger partial charge in [-0.15, -0.1) is 0 Å². The van der Waals surface area contributed by atoms with Crippen molar-refractivity contribution >= 4 is 5.82 Å². The minimum atomic E-state index is -0.791. The lowest BCUT2D eigenvalue weighted by molar-refractivity contribution is -0.174. The van der Waals surface area contributed by atoms with Gasteiger partial charge in [-0.05, 0) is 25.5 Å². The molecule has 2 rings (SSSR count). The summed E-state index contributed by atoms with van der Waals surface area (Å²) >= 11 is 0. The molecule has 0 aromatic carbocycles. The van der Waals surface area contributed by atoms with Gasteiger partial charge < -0.3 is 15.2 Å². The van der Waals surface area contributed by atoms with Crippen molar-refractivity contribution in [2.75, 3.05) is 18.9 Å². The van der Waals surface area contributed by atoms with Gasteiger partial charge >= 0.3 is 0 Å². The number of nitrogens with zero attached hydrogens (tertiary/aromatic N) is 1. The number of nitrogen functional groups attached to an aromatic ring is 1. The maximum atomic E-state index is 13.6. The first-order chi connectivity index (χ1) is 8.37. The Hall–Kier alpha value is -1.27. The quantitative estimate of drug-likeness (QED) is 0.820. The molecular formula is C12H16F2N2O2. The Morgan fingerprint density at radius 3 is 2.83 bits per heavy atom. The van der Waals surface area contributed by atoms with Crippen molar-refractivity contribution in [3.05, 3.63) is 23.4 Å². The van der Waals surface area contributed by atoms with Gasteiger partial charge in [-0.3, -0.25) is 0 Å². The van der Waals surface area contributed by atoms with Crippen LogP contribution in [0.5, 0.6) is 0 Å². The van der Waals surface area contributed by atoms with Crippen LogP contribution < -0.4 is 5.73 Å². The second kappa shape index (κ2) is 4.78. The summed E-state index contributed by atoms with van der Waals surface area (Å²) < 4.78 is 37.8. The van der Waals surface area contributed by atoms with Crippen LogP contribution in [-0.2, 0) is 15.9 Å². The minimum Gasteiger partial charge on any atom is -0.381 e. The second-order valence-electron chi connectivity index (χ2n) is 5.01. The van der Waals surface area contributed by atoms with E-state index in [0.717, 1.165) is 6.07 Å². The smallest absolute Gasteiger partial charge is 0.215 e. The van der Waals surface area contributed by atoms with E-state index in [1.165, 1.54) is 0 Å². The Bertz CT molecular complexity index is 442. The van der Waals surface area contributed by atoms with Crippen LogP contribution in [0.4, 0.5) is 14.6 Å². The van der Waals surface area contributed by atoms with Crippen LogP contribution >= 0.6 is 0 Å². The summed E-state index contributed by atoms with van der Waals surface area (Å²) in [6, 6.07) is 1.04. The fourth-order valence-electron chi connectivity index (χ4n) is 1.81. The molecule has 0 amide bonds. The van der Waals surface area contributed by atoms with E-state index in [0.29, 0.717) is 13.2 Å². The molecule has 0 spiro atoms. The van der Waals surface area contributed by atoms with Gasteiger partial charge in [0.05, 0.1) is 24.9 Å². The van der Waals surface area contributed by atoms with Crippen molar-refractivity contribution in [2.45, 2.75) is 32.0 Å². The van der Waals surface area contributed by atoms with E-state index in [-0.39, 0.29) is 23.7 Å². The summed E-state index contributed by atoms with van der Waals surface area (Å²) in [6.07, 6.45) is -0.0836. The van der Waals surface area contributed by atoms with E-state index >= 15 is 0 Å². The lowest BCUT2D eigenvalue weighted by atomic mass is 10.1. The summed E-state index contributed by atoms with van der Waals surface area (Å²) in [5.74, 6) is -1.91. The van der Waals surface area contributed by atoms with Crippen LogP contribution in [0.2, 0.25) is 0 Å². The third-order valence-electron chi connectivity index (χ3n) is 2.80. The SMILES string of the molecule is CC1(C)COC(Cc2cc(F)nc(N)c2F)CO1. The summed E-state index contributed by atoms with van der Waals surface area (Å²) in [6.45, 7) is 4.58. The van der Waals surface area contributed by atoms with Gasteiger partial charge in [-0.2, -0.15) is 9.37 Å². The molecule has 1 atom stereocenters. The average molecular weight is 258 g/mol. The van der Waals surface area contributed by atoms with Gasteiger partial charge in [-0.1, -0.05) is 0 Å². The predicted molar refractivity (Wildman–Crippen MR) is 62.0 cm³/mol. The predicted octanol–water partition coefficient (Wildman–Crippen LogP) is 1.68. The van der Waals surface area contributed by atoms with Crippen molar-refractivity contribution in [1.82, 2.24) is 4.98 Å². The molecule has 1 unspecified atom stereocenters. The Morgan fingerprint density at radius 2 is 2.22 bits per heavy atom. The molecule has 1 aliphatic heterocycles. The molecule has 1 aromatic rings. The van der Waals surface area contributed by atoms with Gasteiger partial charge in [0.25, 0.3) is 0 Å². The molecule has 18 heavy (non-hydrogen) atoms. The van der Waals surface area contributed by atoms with Crippen molar-refractivity contribution < 1.29 is 18.3 Å². The van der Waals surface area contributed by atoms with Crippen molar-refractivity contribution in [1.29, 1.82) is 0 Å². The Labute approximate surface area is 104 Å². The molecule has 1 saturated heterocycles. The maximum Gasteiger partial charge on any atom is 0.215 e. The van der Waals surface area contributed by atoms with Crippen molar-refractivity contribution in [2.24, 2.45) is 0 Å². The molecule has 1 fully saturated rings. The van der Waals surface area contributed by atoms with Gasteiger partial charge in [-0.25, -0.2) is 4.39 Å². The molecule has 4 nitrogen and oxygen atoms in total. The fraction of sp³-hybridized carbons (Fsp3) is 0.583. The van der Waals surface area contributed by atoms with Crippen LogP contribution in [0.3, 0.4) is 0 Å². The average Bonchev–Trinajstić information content (AvgIpc) is 2.28. The first-order valence-corrected chi connectivity index (χ1v) is 5.73. The highest BCUT2D eigenvalue weighted by molar-refractivity contribution is 5.35. The Kier molecular flexibility index (Phi) is 3.49. The van der Waals surface area contributed by atoms with Crippen LogP contribution in [-0.4, -0.2) is 29.9 Å². The molecule has 1 aliphatic rings. The zero-order valence-electron chi connectivity index (χ0n) is 10.4. The number of anilines is 1. The van der Waals surface area contributed by atoms with Crippen LogP contribution in [0, 0.1) is 11.8 Å². The highest BCUT2D eigenvalue weighted by Crippen LogP contribution is 2.22. The van der Waals surface area contributed by atoms with Gasteiger partial charge in [0, 0.05) is 6.42 Å². The third-order valence-corrected chi connectivity index (χ3v) is 2.80. The van der Waals surface area contributed by atoms with E-state index in [1.807, 2.05) is 13.8 Å². The summed E-state index contributed by atoms with van der Waals surface area (Å²) in [5, 5.41) is 0. The molecule has 2 heterocycles. The molecule has 0 saturated carbocycles. The molecule has 2 N–H and O–H groups in total. The largest absolute Gasteiger partial charge is 0.381 e. The van der Waals surface area contributed by atoms with Crippen LogP contribution in [0.1, 0.15) is 19.4 Å². The highest BCUT2D eigenvalue weighted by Gasteiger charge is 2.29. The number of halogens is 2. The lowest BCUT2D eigenvalue weighted by Crippen LogP contribution is -2.43. The zero-order chi connectivity index (χ0) is 13.3. The lowest BCUT2D eigenvalue weighted by Gasteiger charge is -2.35. The summed E-state index contributed by atoms with van der Waals surface area (Å²) in [4.78, 5) is 3.21. The number of aromatic nitrogens is 1. The van der Waals surface area contributed by atoms with E-state index in [4.69, 9.17) is 15.2 Å². The number of rotatable bonds is 2. The standard InChI is InChI=1S/C12H16F2N2O2/c1-12(2)6-17-8(5-18-12)3-7-4-9(13)16-11(15)10(7)14/h4,8H,3,5-6H2,1-2H3,(H2,15,16). The van der Waals surface area contributed by atoms with E-state index < -0.39 is 17.6 Å². The number of pyridine rings is 1. The summed E-state index contributed by atoms with van der Waals surface area (Å²) in [5.41, 5.74) is 5.10. The molecule has 0 aliphatic carbocycles. The Balaban J connectivity index is 2.07. The van der Waals surface area contributed by atoms with Gasteiger partial charge in [0.2, 0.25) is 5.95 Å². The highest BCUT2D eigenvalue weighted by atomic mass is 19.1. The number of nitrogens with two attached hydrogens (primary N) is 1. The van der Waals surface area contributed by atoms with Gasteiger partial charge in [0.15, 0.2) is 11.6 Å². The van der Waals surface area contributed by atoms with Gasteiger partial charge in [0.1, 0.15) is 0 Å².